The van der Waals surface area contributed by atoms with Crippen molar-refractivity contribution in [3.8, 4) is 0 Å². The highest BCUT2D eigenvalue weighted by Crippen LogP contribution is 2.23. The predicted molar refractivity (Wildman–Crippen MR) is 103 cm³/mol. The highest BCUT2D eigenvalue weighted by Gasteiger charge is 2.22. The highest BCUT2D eigenvalue weighted by atomic mass is 35.5. The van der Waals surface area contributed by atoms with E-state index in [1.807, 2.05) is 36.2 Å². The molecule has 3 heterocycles. The second-order valence-electron chi connectivity index (χ2n) is 6.56. The van der Waals surface area contributed by atoms with E-state index in [1.54, 1.807) is 17.1 Å². The van der Waals surface area contributed by atoms with Crippen LogP contribution in [0.2, 0.25) is 5.02 Å². The molecule has 6 nitrogen and oxygen atoms in total. The van der Waals surface area contributed by atoms with E-state index in [2.05, 4.69) is 21.0 Å². The Morgan fingerprint density at radius 2 is 2.00 bits per heavy atom. The van der Waals surface area contributed by atoms with Crippen LogP contribution in [0.25, 0.3) is 10.9 Å². The molecule has 0 aliphatic carbocycles. The number of nitrogens with zero attached hydrogens (tertiary/aromatic N) is 5. The van der Waals surface area contributed by atoms with Gasteiger partial charge >= 0.3 is 0 Å². The Bertz CT molecular complexity index is 913. The van der Waals surface area contributed by atoms with Crippen molar-refractivity contribution in [1.82, 2.24) is 19.7 Å². The topological polar surface area (TPSA) is 54.3 Å². The number of amides is 1. The minimum Gasteiger partial charge on any atom is -0.368 e. The number of anilines is 1. The summed E-state index contributed by atoms with van der Waals surface area (Å²) in [6, 6.07) is 7.97. The van der Waals surface area contributed by atoms with E-state index < -0.39 is 0 Å². The van der Waals surface area contributed by atoms with Gasteiger partial charge in [0.15, 0.2) is 0 Å². The van der Waals surface area contributed by atoms with E-state index in [4.69, 9.17) is 11.6 Å². The molecule has 7 heteroatoms. The van der Waals surface area contributed by atoms with Gasteiger partial charge in [-0.25, -0.2) is 0 Å². The summed E-state index contributed by atoms with van der Waals surface area (Å²) in [7, 11) is 0. The van der Waals surface area contributed by atoms with E-state index in [0.717, 1.165) is 40.3 Å². The van der Waals surface area contributed by atoms with Gasteiger partial charge in [0, 0.05) is 54.7 Å². The zero-order valence-electron chi connectivity index (χ0n) is 14.6. The molecule has 0 saturated carbocycles. The molecular formula is C19H20ClN5O. The van der Waals surface area contributed by atoms with Crippen LogP contribution in [0.4, 0.5) is 5.69 Å². The Morgan fingerprint density at radius 3 is 2.73 bits per heavy atom. The van der Waals surface area contributed by atoms with Gasteiger partial charge in [0.2, 0.25) is 5.91 Å². The maximum Gasteiger partial charge on any atom is 0.244 e. The smallest absolute Gasteiger partial charge is 0.244 e. The third-order valence-corrected chi connectivity index (χ3v) is 5.22. The van der Waals surface area contributed by atoms with Crippen LogP contribution >= 0.6 is 11.6 Å². The van der Waals surface area contributed by atoms with Crippen molar-refractivity contribution >= 4 is 34.1 Å². The van der Waals surface area contributed by atoms with Gasteiger partial charge in [-0.2, -0.15) is 5.10 Å². The molecule has 0 bridgehead atoms. The van der Waals surface area contributed by atoms with E-state index in [0.29, 0.717) is 13.1 Å². The lowest BCUT2D eigenvalue weighted by Gasteiger charge is -2.36. The van der Waals surface area contributed by atoms with Crippen LogP contribution in [-0.4, -0.2) is 51.8 Å². The number of benzene rings is 1. The van der Waals surface area contributed by atoms with E-state index >= 15 is 0 Å². The number of rotatable bonds is 3. The largest absolute Gasteiger partial charge is 0.368 e. The molecule has 0 spiro atoms. The lowest BCUT2D eigenvalue weighted by molar-refractivity contribution is -0.132. The minimum atomic E-state index is 0.0951. The van der Waals surface area contributed by atoms with Gasteiger partial charge < -0.3 is 9.80 Å². The Balaban J connectivity index is 1.37. The first-order valence-corrected chi connectivity index (χ1v) is 9.04. The molecule has 0 radical (unpaired) electrons. The molecule has 134 valence electrons. The first kappa shape index (κ1) is 16.8. The van der Waals surface area contributed by atoms with Crippen molar-refractivity contribution in [2.45, 2.75) is 13.5 Å². The third kappa shape index (κ3) is 3.37. The van der Waals surface area contributed by atoms with Crippen molar-refractivity contribution in [2.75, 3.05) is 31.1 Å². The van der Waals surface area contributed by atoms with Crippen LogP contribution in [0, 0.1) is 6.92 Å². The van der Waals surface area contributed by atoms with E-state index in [-0.39, 0.29) is 12.5 Å². The summed E-state index contributed by atoms with van der Waals surface area (Å²) < 4.78 is 1.70. The molecule has 1 amide bonds. The van der Waals surface area contributed by atoms with Gasteiger partial charge in [-0.15, -0.1) is 0 Å². The molecule has 1 saturated heterocycles. The molecule has 0 atom stereocenters. The first-order valence-electron chi connectivity index (χ1n) is 8.66. The molecule has 4 rings (SSSR count). The zero-order valence-corrected chi connectivity index (χ0v) is 15.4. The van der Waals surface area contributed by atoms with Gasteiger partial charge in [-0.05, 0) is 36.8 Å². The Labute approximate surface area is 157 Å². The first-order chi connectivity index (χ1) is 12.6. The van der Waals surface area contributed by atoms with Gasteiger partial charge in [-0.3, -0.25) is 14.5 Å². The summed E-state index contributed by atoms with van der Waals surface area (Å²) in [5, 5.41) is 6.19. The maximum absolute atomic E-state index is 12.6. The van der Waals surface area contributed by atoms with Gasteiger partial charge in [0.25, 0.3) is 0 Å². The number of carbonyl (C=O) groups is 1. The number of fused-ring (bicyclic) bond motifs is 1. The average molecular weight is 370 g/mol. The van der Waals surface area contributed by atoms with Crippen LogP contribution in [0.15, 0.2) is 42.9 Å². The molecule has 0 N–H and O–H groups in total. The lowest BCUT2D eigenvalue weighted by Crippen LogP contribution is -2.49. The monoisotopic (exact) mass is 369 g/mol. The number of piperazine rings is 1. The quantitative estimate of drug-likeness (QED) is 0.712. The Morgan fingerprint density at radius 1 is 1.19 bits per heavy atom. The normalized spacial score (nSPS) is 14.8. The van der Waals surface area contributed by atoms with E-state index in [9.17, 15) is 4.79 Å². The van der Waals surface area contributed by atoms with E-state index in [1.165, 1.54) is 0 Å². The molecule has 3 aromatic rings. The van der Waals surface area contributed by atoms with Crippen LogP contribution in [0.1, 0.15) is 5.56 Å². The fourth-order valence-electron chi connectivity index (χ4n) is 3.28. The Kier molecular flexibility index (Phi) is 4.51. The maximum atomic E-state index is 12.6. The summed E-state index contributed by atoms with van der Waals surface area (Å²) in [4.78, 5) is 20.9. The summed E-state index contributed by atoms with van der Waals surface area (Å²) in [6.45, 7) is 5.32. The molecule has 1 fully saturated rings. The van der Waals surface area contributed by atoms with Crippen molar-refractivity contribution < 1.29 is 4.79 Å². The van der Waals surface area contributed by atoms with Gasteiger partial charge in [0.1, 0.15) is 12.1 Å². The molecule has 1 aliphatic heterocycles. The molecule has 1 aliphatic rings. The zero-order chi connectivity index (χ0) is 18.1. The number of halogens is 1. The second kappa shape index (κ2) is 6.96. The second-order valence-corrected chi connectivity index (χ2v) is 6.97. The van der Waals surface area contributed by atoms with Gasteiger partial charge in [0.05, 0.1) is 6.20 Å². The third-order valence-electron chi connectivity index (χ3n) is 4.79. The van der Waals surface area contributed by atoms with Gasteiger partial charge in [-0.1, -0.05) is 11.6 Å². The molecule has 26 heavy (non-hydrogen) atoms. The molecule has 0 unspecified atom stereocenters. The van der Waals surface area contributed by atoms with Crippen molar-refractivity contribution in [2.24, 2.45) is 0 Å². The lowest BCUT2D eigenvalue weighted by atomic mass is 10.2. The van der Waals surface area contributed by atoms with Crippen LogP contribution in [0.3, 0.4) is 0 Å². The number of carbonyl (C=O) groups excluding carboxylic acids is 1. The average Bonchev–Trinajstić information content (AvgIpc) is 3.06. The number of aryl methyl sites for hydroxylation is 1. The SMILES string of the molecule is Cc1cc(N2CCN(C(=O)Cn3cc4ccncc4n3)CC2)ccc1Cl. The summed E-state index contributed by atoms with van der Waals surface area (Å²) in [5.74, 6) is 0.0951. The standard InChI is InChI=1S/C19H20ClN5O/c1-14-10-16(2-3-17(14)20)23-6-8-24(9-7-23)19(26)13-25-12-15-4-5-21-11-18(15)22-25/h2-5,10-12H,6-9,13H2,1H3. The van der Waals surface area contributed by atoms with Crippen LogP contribution in [-0.2, 0) is 11.3 Å². The summed E-state index contributed by atoms with van der Waals surface area (Å²) in [5.41, 5.74) is 3.04. The van der Waals surface area contributed by atoms with Crippen LogP contribution in [0.5, 0.6) is 0 Å². The highest BCUT2D eigenvalue weighted by molar-refractivity contribution is 6.31. The number of hydrogen-bond acceptors (Lipinski definition) is 4. The van der Waals surface area contributed by atoms with Crippen molar-refractivity contribution in [3.05, 3.63) is 53.4 Å². The van der Waals surface area contributed by atoms with Crippen molar-refractivity contribution in [3.63, 3.8) is 0 Å². The number of pyridine rings is 1. The van der Waals surface area contributed by atoms with Crippen molar-refractivity contribution in [1.29, 1.82) is 0 Å². The summed E-state index contributed by atoms with van der Waals surface area (Å²) in [6.07, 6.45) is 5.33. The number of aromatic nitrogens is 3. The number of hydrogen-bond donors (Lipinski definition) is 0. The summed E-state index contributed by atoms with van der Waals surface area (Å²) >= 11 is 6.11. The Hall–Kier alpha value is -2.60. The molecule has 2 aromatic heterocycles. The predicted octanol–water partition coefficient (Wildman–Crippen LogP) is 2.74. The minimum absolute atomic E-state index is 0.0951. The molecule has 1 aromatic carbocycles. The molecular weight excluding hydrogens is 350 g/mol. The fourth-order valence-corrected chi connectivity index (χ4v) is 3.39. The fraction of sp³-hybridized carbons (Fsp3) is 0.316. The van der Waals surface area contributed by atoms with Crippen LogP contribution < -0.4 is 4.90 Å².